The van der Waals surface area contributed by atoms with Gasteiger partial charge in [0.25, 0.3) is 0 Å². The van der Waals surface area contributed by atoms with E-state index in [1.807, 2.05) is 0 Å². The maximum absolute atomic E-state index is 5.99. The first-order valence-corrected chi connectivity index (χ1v) is 9.37. The normalized spacial score (nSPS) is 20.0. The summed E-state index contributed by atoms with van der Waals surface area (Å²) in [6.07, 6.45) is 6.16. The number of benzene rings is 2. The first-order valence-electron chi connectivity index (χ1n) is 7.84. The molecule has 1 saturated heterocycles. The second kappa shape index (κ2) is 7.39. The van der Waals surface area contributed by atoms with E-state index in [-0.39, 0.29) is 0 Å². The molecule has 0 aromatic heterocycles. The minimum Gasteiger partial charge on any atom is -0.382 e. The van der Waals surface area contributed by atoms with Crippen molar-refractivity contribution in [2.45, 2.75) is 25.0 Å². The average molecular weight is 294 g/mol. The Morgan fingerprint density at radius 1 is 0.952 bits per heavy atom. The molecule has 0 N–H and O–H groups in total. The number of rotatable bonds is 4. The van der Waals surface area contributed by atoms with Crippen molar-refractivity contribution in [3.63, 3.8) is 0 Å². The highest BCUT2D eigenvalue weighted by molar-refractivity contribution is 6.63. The zero-order chi connectivity index (χ0) is 14.3. The van der Waals surface area contributed by atoms with Crippen molar-refractivity contribution in [3.8, 4) is 0 Å². The van der Waals surface area contributed by atoms with Gasteiger partial charge in [0, 0.05) is 12.3 Å². The van der Waals surface area contributed by atoms with Crippen molar-refractivity contribution < 1.29 is 4.74 Å². The van der Waals surface area contributed by atoms with E-state index in [9.17, 15) is 0 Å². The molecule has 1 fully saturated rings. The third-order valence-electron chi connectivity index (χ3n) is 4.01. The van der Waals surface area contributed by atoms with Gasteiger partial charge in [-0.3, -0.25) is 0 Å². The molecule has 0 aliphatic carbocycles. The molecule has 21 heavy (non-hydrogen) atoms. The summed E-state index contributed by atoms with van der Waals surface area (Å²) >= 11 is 0. The third-order valence-corrected chi connectivity index (χ3v) is 6.16. The smallest absolute Gasteiger partial charge is 0.0895 e. The molecule has 1 aliphatic rings. The van der Waals surface area contributed by atoms with Crippen LogP contribution in [0.1, 0.15) is 30.4 Å². The summed E-state index contributed by atoms with van der Waals surface area (Å²) < 4.78 is 5.99. The molecule has 2 heteroatoms. The number of hydrogen-bond acceptors (Lipinski definition) is 1. The van der Waals surface area contributed by atoms with Gasteiger partial charge in [-0.05, 0) is 30.4 Å². The Morgan fingerprint density at radius 2 is 1.67 bits per heavy atom. The second-order valence-corrected chi connectivity index (χ2v) is 7.72. The molecule has 1 atom stereocenters. The Bertz CT molecular complexity index is 571. The first kappa shape index (κ1) is 14.3. The molecule has 2 aromatic rings. The molecule has 0 bridgehead atoms. The Hall–Kier alpha value is -1.64. The van der Waals surface area contributed by atoms with Crippen LogP contribution < -0.4 is 0 Å². The highest BCUT2D eigenvalue weighted by Crippen LogP contribution is 2.22. The zero-order valence-corrected chi connectivity index (χ0v) is 13.8. The van der Waals surface area contributed by atoms with Crippen LogP contribution in [0.15, 0.2) is 60.7 Å². The molecule has 3 rings (SSSR count). The van der Waals surface area contributed by atoms with Crippen LogP contribution in [0, 0.1) is 0 Å². The van der Waals surface area contributed by atoms with Crippen molar-refractivity contribution in [1.82, 2.24) is 0 Å². The largest absolute Gasteiger partial charge is 0.382 e. The van der Waals surface area contributed by atoms with E-state index in [0.717, 1.165) is 6.61 Å². The van der Waals surface area contributed by atoms with Crippen molar-refractivity contribution in [3.05, 3.63) is 71.8 Å². The predicted octanol–water partition coefficient (Wildman–Crippen LogP) is 3.88. The van der Waals surface area contributed by atoms with E-state index in [0.29, 0.717) is 5.73 Å². The third kappa shape index (κ3) is 4.16. The summed E-state index contributed by atoms with van der Waals surface area (Å²) in [5.41, 5.74) is 3.16. The van der Waals surface area contributed by atoms with Crippen LogP contribution in [0.3, 0.4) is 0 Å². The summed E-state index contributed by atoms with van der Waals surface area (Å²) in [4.78, 5) is 0. The first-order chi connectivity index (χ1) is 10.4. The van der Waals surface area contributed by atoms with Gasteiger partial charge in [-0.25, -0.2) is 0 Å². The van der Waals surface area contributed by atoms with Gasteiger partial charge in [-0.15, -0.1) is 0 Å². The van der Waals surface area contributed by atoms with Crippen LogP contribution in [0.5, 0.6) is 0 Å². The van der Waals surface area contributed by atoms with E-state index in [4.69, 9.17) is 4.74 Å². The number of hydrogen-bond donors (Lipinski definition) is 0. The monoisotopic (exact) mass is 294 g/mol. The molecule has 0 radical (unpaired) electrons. The van der Waals surface area contributed by atoms with Gasteiger partial charge in [0.1, 0.15) is 0 Å². The maximum atomic E-state index is 5.99. The van der Waals surface area contributed by atoms with E-state index in [1.165, 1.54) is 35.6 Å². The van der Waals surface area contributed by atoms with Gasteiger partial charge in [-0.1, -0.05) is 71.9 Å². The lowest BCUT2D eigenvalue weighted by molar-refractivity contribution is 0.0661. The van der Waals surface area contributed by atoms with E-state index in [1.54, 1.807) is 0 Å². The van der Waals surface area contributed by atoms with E-state index in [2.05, 4.69) is 66.7 Å². The fourth-order valence-corrected chi connectivity index (χ4v) is 4.97. The molecular weight excluding hydrogens is 272 g/mol. The van der Waals surface area contributed by atoms with Crippen molar-refractivity contribution in [2.75, 3.05) is 6.61 Å². The molecular formula is C19H22OSi. The van der Waals surface area contributed by atoms with Gasteiger partial charge in [0.05, 0.1) is 9.52 Å². The van der Waals surface area contributed by atoms with Gasteiger partial charge < -0.3 is 4.74 Å². The van der Waals surface area contributed by atoms with Crippen LogP contribution >= 0.6 is 0 Å². The molecule has 1 heterocycles. The lowest BCUT2D eigenvalue weighted by Crippen LogP contribution is -2.26. The fraction of sp³-hybridized carbons (Fsp3) is 0.263. The summed E-state index contributed by atoms with van der Waals surface area (Å²) in [7, 11) is -0.424. The quantitative estimate of drug-likeness (QED) is 0.614. The van der Waals surface area contributed by atoms with Crippen molar-refractivity contribution >= 4 is 20.8 Å². The maximum Gasteiger partial charge on any atom is 0.0895 e. The summed E-state index contributed by atoms with van der Waals surface area (Å²) in [6.45, 7) is 0.949. The van der Waals surface area contributed by atoms with Gasteiger partial charge >= 0.3 is 0 Å². The zero-order valence-electron chi connectivity index (χ0n) is 12.4. The van der Waals surface area contributed by atoms with Crippen LogP contribution in [-0.2, 0) is 4.74 Å². The summed E-state index contributed by atoms with van der Waals surface area (Å²) in [5, 5.41) is 1.51. The van der Waals surface area contributed by atoms with Crippen LogP contribution in [-0.4, -0.2) is 21.9 Å². The predicted molar refractivity (Wildman–Crippen MR) is 92.9 cm³/mol. The van der Waals surface area contributed by atoms with Gasteiger partial charge in [-0.2, -0.15) is 0 Å². The standard InChI is InChI=1S/C19H22OSi/c1-3-9-16(10-4-1)15-18(17-11-5-2-6-12-17)21-19-13-7-8-14-20-19/h1-6,9-12,15,19H,7-8,13-14,21H2. The van der Waals surface area contributed by atoms with E-state index >= 15 is 0 Å². The lowest BCUT2D eigenvalue weighted by Gasteiger charge is -2.23. The Kier molecular flexibility index (Phi) is 5.03. The molecule has 2 aromatic carbocycles. The molecule has 1 aliphatic heterocycles. The molecule has 0 saturated carbocycles. The van der Waals surface area contributed by atoms with Crippen LogP contribution in [0.4, 0.5) is 0 Å². The van der Waals surface area contributed by atoms with Crippen LogP contribution in [0.25, 0.3) is 11.3 Å². The molecule has 1 unspecified atom stereocenters. The SMILES string of the molecule is C(=C([SiH2]C1CCCCO1)c1ccccc1)c1ccccc1. The second-order valence-electron chi connectivity index (χ2n) is 5.64. The number of ether oxygens (including phenoxy) is 1. The minimum absolute atomic E-state index is 0.424. The Morgan fingerprint density at radius 3 is 2.33 bits per heavy atom. The molecule has 0 amide bonds. The molecule has 0 spiro atoms. The summed E-state index contributed by atoms with van der Waals surface area (Å²) in [6, 6.07) is 21.4. The highest BCUT2D eigenvalue weighted by atomic mass is 28.2. The fourth-order valence-electron chi connectivity index (χ4n) is 2.88. The Labute approximate surface area is 129 Å². The van der Waals surface area contributed by atoms with E-state index < -0.39 is 9.52 Å². The van der Waals surface area contributed by atoms with Crippen molar-refractivity contribution in [2.24, 2.45) is 0 Å². The molecule has 1 nitrogen and oxygen atoms in total. The van der Waals surface area contributed by atoms with Crippen LogP contribution in [0.2, 0.25) is 0 Å². The average Bonchev–Trinajstić information content (AvgIpc) is 2.57. The minimum atomic E-state index is -0.424. The highest BCUT2D eigenvalue weighted by Gasteiger charge is 2.17. The topological polar surface area (TPSA) is 9.23 Å². The summed E-state index contributed by atoms with van der Waals surface area (Å²) in [5.74, 6) is 0. The molecule has 108 valence electrons. The van der Waals surface area contributed by atoms with Crippen molar-refractivity contribution in [1.29, 1.82) is 0 Å². The van der Waals surface area contributed by atoms with Gasteiger partial charge in [0.2, 0.25) is 0 Å². The lowest BCUT2D eigenvalue weighted by atomic mass is 10.1. The van der Waals surface area contributed by atoms with Gasteiger partial charge in [0.15, 0.2) is 0 Å². The Balaban J connectivity index is 1.85.